The molecule has 0 aliphatic carbocycles. The number of nitrogen functional groups attached to an aromatic ring is 2. The standard InChI is InChI=1S/C5H10N6O2/c1-13-11(2-12)5-9-3(6)8-4(7)10-5/h12H,2H2,1H3,(H4,6,7,8,9,10). The fourth-order valence-electron chi connectivity index (χ4n) is 0.711. The number of aliphatic hydroxyl groups excluding tert-OH is 1. The normalized spacial score (nSPS) is 10.0. The van der Waals surface area contributed by atoms with Gasteiger partial charge in [-0.3, -0.25) is 4.84 Å². The van der Waals surface area contributed by atoms with Crippen LogP contribution in [0.3, 0.4) is 0 Å². The van der Waals surface area contributed by atoms with E-state index in [9.17, 15) is 0 Å². The fourth-order valence-corrected chi connectivity index (χ4v) is 0.711. The van der Waals surface area contributed by atoms with Gasteiger partial charge in [-0.2, -0.15) is 20.0 Å². The smallest absolute Gasteiger partial charge is 0.258 e. The van der Waals surface area contributed by atoms with Gasteiger partial charge in [-0.05, 0) is 0 Å². The molecule has 1 rings (SSSR count). The van der Waals surface area contributed by atoms with Crippen LogP contribution in [0.4, 0.5) is 17.8 Å². The van der Waals surface area contributed by atoms with E-state index in [4.69, 9.17) is 21.4 Å². The highest BCUT2D eigenvalue weighted by Crippen LogP contribution is 2.08. The second-order valence-corrected chi connectivity index (χ2v) is 2.05. The third-order valence-corrected chi connectivity index (χ3v) is 1.23. The summed E-state index contributed by atoms with van der Waals surface area (Å²) in [5, 5.41) is 9.79. The van der Waals surface area contributed by atoms with E-state index in [1.165, 1.54) is 7.11 Å². The molecule has 1 aromatic rings. The maximum absolute atomic E-state index is 8.78. The number of hydroxylamine groups is 1. The van der Waals surface area contributed by atoms with E-state index in [0.29, 0.717) is 0 Å². The Bertz CT molecular complexity index is 268. The average Bonchev–Trinajstić information content (AvgIpc) is 2.04. The molecule has 8 heteroatoms. The van der Waals surface area contributed by atoms with Crippen molar-refractivity contribution in [1.82, 2.24) is 15.0 Å². The van der Waals surface area contributed by atoms with E-state index in [2.05, 4.69) is 15.0 Å². The van der Waals surface area contributed by atoms with Gasteiger partial charge in [0, 0.05) is 0 Å². The minimum Gasteiger partial charge on any atom is -0.374 e. The van der Waals surface area contributed by atoms with Crippen molar-refractivity contribution in [3.05, 3.63) is 0 Å². The van der Waals surface area contributed by atoms with Crippen molar-refractivity contribution >= 4 is 17.8 Å². The Morgan fingerprint density at radius 2 is 1.85 bits per heavy atom. The van der Waals surface area contributed by atoms with Crippen molar-refractivity contribution in [2.45, 2.75) is 0 Å². The lowest BCUT2D eigenvalue weighted by atomic mass is 10.8. The van der Waals surface area contributed by atoms with Gasteiger partial charge >= 0.3 is 0 Å². The molecule has 0 saturated carbocycles. The van der Waals surface area contributed by atoms with Crippen molar-refractivity contribution in [2.75, 3.05) is 30.4 Å². The van der Waals surface area contributed by atoms with Crippen molar-refractivity contribution in [1.29, 1.82) is 0 Å². The summed E-state index contributed by atoms with van der Waals surface area (Å²) in [6.45, 7) is -0.403. The van der Waals surface area contributed by atoms with E-state index in [1.807, 2.05) is 0 Å². The predicted molar refractivity (Wildman–Crippen MR) is 45.2 cm³/mol. The quantitative estimate of drug-likeness (QED) is 0.379. The van der Waals surface area contributed by atoms with Crippen LogP contribution < -0.4 is 16.5 Å². The third kappa shape index (κ3) is 2.13. The van der Waals surface area contributed by atoms with Crippen LogP contribution in [0.15, 0.2) is 0 Å². The van der Waals surface area contributed by atoms with Gasteiger partial charge in [-0.25, -0.2) is 0 Å². The summed E-state index contributed by atoms with van der Waals surface area (Å²) in [4.78, 5) is 15.7. The highest BCUT2D eigenvalue weighted by atomic mass is 16.7. The Balaban J connectivity index is 2.99. The third-order valence-electron chi connectivity index (χ3n) is 1.23. The molecule has 1 aromatic heterocycles. The van der Waals surface area contributed by atoms with Crippen LogP contribution in [0.2, 0.25) is 0 Å². The second kappa shape index (κ2) is 3.83. The molecule has 0 saturated heterocycles. The monoisotopic (exact) mass is 186 g/mol. The van der Waals surface area contributed by atoms with Crippen LogP contribution in [0.5, 0.6) is 0 Å². The van der Waals surface area contributed by atoms with E-state index < -0.39 is 6.73 Å². The van der Waals surface area contributed by atoms with E-state index in [-0.39, 0.29) is 17.8 Å². The molecule has 0 aliphatic rings. The molecular weight excluding hydrogens is 176 g/mol. The molecule has 8 nitrogen and oxygen atoms in total. The maximum atomic E-state index is 8.78. The Labute approximate surface area is 74.1 Å². The molecule has 13 heavy (non-hydrogen) atoms. The Hall–Kier alpha value is -1.67. The number of nitrogens with two attached hydrogens (primary N) is 2. The molecule has 72 valence electrons. The first-order chi connectivity index (χ1) is 6.17. The molecule has 0 fully saturated rings. The number of hydrogen-bond acceptors (Lipinski definition) is 8. The lowest BCUT2D eigenvalue weighted by Gasteiger charge is -2.15. The van der Waals surface area contributed by atoms with Gasteiger partial charge in [0.25, 0.3) is 5.95 Å². The molecule has 0 bridgehead atoms. The first kappa shape index (κ1) is 9.42. The summed E-state index contributed by atoms with van der Waals surface area (Å²) in [5.74, 6) is 0.00556. The van der Waals surface area contributed by atoms with Crippen LogP contribution in [-0.4, -0.2) is 33.9 Å². The number of rotatable bonds is 3. The summed E-state index contributed by atoms with van der Waals surface area (Å²) in [6, 6.07) is 0. The van der Waals surface area contributed by atoms with Gasteiger partial charge < -0.3 is 16.6 Å². The number of aromatic nitrogens is 3. The second-order valence-electron chi connectivity index (χ2n) is 2.05. The zero-order valence-electron chi connectivity index (χ0n) is 7.01. The fraction of sp³-hybridized carbons (Fsp3) is 0.400. The number of aliphatic hydroxyl groups is 1. The summed E-state index contributed by atoms with van der Waals surface area (Å²) in [6.07, 6.45) is 0. The van der Waals surface area contributed by atoms with Crippen LogP contribution in [0.1, 0.15) is 0 Å². The highest BCUT2D eigenvalue weighted by Gasteiger charge is 2.09. The van der Waals surface area contributed by atoms with Crippen molar-refractivity contribution < 1.29 is 9.94 Å². The summed E-state index contributed by atoms with van der Waals surface area (Å²) < 4.78 is 0. The lowest BCUT2D eigenvalue weighted by molar-refractivity contribution is 0.0974. The van der Waals surface area contributed by atoms with Crippen LogP contribution in [0.25, 0.3) is 0 Å². The zero-order chi connectivity index (χ0) is 9.84. The molecule has 0 aliphatic heterocycles. The van der Waals surface area contributed by atoms with Gasteiger partial charge in [0.05, 0.1) is 7.11 Å². The molecule has 5 N–H and O–H groups in total. The van der Waals surface area contributed by atoms with E-state index >= 15 is 0 Å². The predicted octanol–water partition coefficient (Wildman–Crippen LogP) is -1.65. The minimum absolute atomic E-state index is 0.0296. The highest BCUT2D eigenvalue weighted by molar-refractivity contribution is 5.37. The van der Waals surface area contributed by atoms with E-state index in [0.717, 1.165) is 5.06 Å². The Kier molecular flexibility index (Phi) is 2.77. The molecule has 0 unspecified atom stereocenters. The van der Waals surface area contributed by atoms with Gasteiger partial charge in [-0.15, -0.1) is 0 Å². The lowest BCUT2D eigenvalue weighted by Crippen LogP contribution is -2.25. The Morgan fingerprint density at radius 1 is 1.31 bits per heavy atom. The van der Waals surface area contributed by atoms with Crippen molar-refractivity contribution in [3.63, 3.8) is 0 Å². The number of hydrogen-bond donors (Lipinski definition) is 3. The molecule has 1 heterocycles. The maximum Gasteiger partial charge on any atom is 0.258 e. The van der Waals surface area contributed by atoms with Crippen LogP contribution in [0, 0.1) is 0 Å². The topological polar surface area (TPSA) is 123 Å². The first-order valence-electron chi connectivity index (χ1n) is 3.37. The van der Waals surface area contributed by atoms with Crippen LogP contribution >= 0.6 is 0 Å². The van der Waals surface area contributed by atoms with Gasteiger partial charge in [-0.1, -0.05) is 0 Å². The molecule has 0 amide bonds. The van der Waals surface area contributed by atoms with E-state index in [1.54, 1.807) is 0 Å². The van der Waals surface area contributed by atoms with Gasteiger partial charge in [0.1, 0.15) is 6.73 Å². The SMILES string of the molecule is CON(CO)c1nc(N)nc(N)n1. The average molecular weight is 186 g/mol. The van der Waals surface area contributed by atoms with Gasteiger partial charge in [0.2, 0.25) is 11.9 Å². The molecule has 0 aromatic carbocycles. The molecule has 0 spiro atoms. The summed E-state index contributed by atoms with van der Waals surface area (Å²) in [7, 11) is 1.35. The van der Waals surface area contributed by atoms with Crippen LogP contribution in [-0.2, 0) is 4.84 Å². The largest absolute Gasteiger partial charge is 0.374 e. The minimum atomic E-state index is -0.403. The van der Waals surface area contributed by atoms with Crippen molar-refractivity contribution in [3.8, 4) is 0 Å². The summed E-state index contributed by atoms with van der Waals surface area (Å²) in [5.41, 5.74) is 10.6. The van der Waals surface area contributed by atoms with Gasteiger partial charge in [0.15, 0.2) is 0 Å². The zero-order valence-corrected chi connectivity index (χ0v) is 7.01. The van der Waals surface area contributed by atoms with Crippen molar-refractivity contribution in [2.24, 2.45) is 0 Å². The first-order valence-corrected chi connectivity index (χ1v) is 3.37. The number of nitrogens with zero attached hydrogens (tertiary/aromatic N) is 4. The molecular formula is C5H10N6O2. The summed E-state index contributed by atoms with van der Waals surface area (Å²) >= 11 is 0. The molecule has 0 radical (unpaired) electrons. The number of anilines is 3. The Morgan fingerprint density at radius 3 is 2.23 bits per heavy atom. The molecule has 0 atom stereocenters.